The summed E-state index contributed by atoms with van der Waals surface area (Å²) in [6.45, 7) is 6.38. The van der Waals surface area contributed by atoms with Crippen LogP contribution in [0.1, 0.15) is 57.1 Å². The monoisotopic (exact) mass is 466 g/mol. The number of fused-ring (bicyclic) bond motifs is 3. The Labute approximate surface area is 200 Å². The molecule has 7 heteroatoms. The van der Waals surface area contributed by atoms with E-state index in [1.807, 2.05) is 31.2 Å². The van der Waals surface area contributed by atoms with E-state index < -0.39 is 17.5 Å². The lowest BCUT2D eigenvalue weighted by molar-refractivity contribution is -0.138. The van der Waals surface area contributed by atoms with Crippen molar-refractivity contribution >= 4 is 18.0 Å². The smallest absolute Gasteiger partial charge is 0.407 e. The number of carbonyl (C=O) groups excluding carboxylic acids is 2. The van der Waals surface area contributed by atoms with Gasteiger partial charge in [-0.05, 0) is 34.6 Å². The van der Waals surface area contributed by atoms with Crippen molar-refractivity contribution in [3.05, 3.63) is 59.7 Å². The minimum absolute atomic E-state index is 0.00215. The van der Waals surface area contributed by atoms with Crippen LogP contribution in [0.3, 0.4) is 0 Å². The topological polar surface area (TPSA) is 105 Å². The van der Waals surface area contributed by atoms with Crippen LogP contribution in [0.5, 0.6) is 0 Å². The Balaban J connectivity index is 1.45. The maximum absolute atomic E-state index is 12.6. The molecule has 7 nitrogen and oxygen atoms in total. The summed E-state index contributed by atoms with van der Waals surface area (Å²) in [6, 6.07) is 16.3. The molecule has 3 N–H and O–H groups in total. The Hall–Kier alpha value is -3.35. The molecule has 0 bridgehead atoms. The highest BCUT2D eigenvalue weighted by Crippen LogP contribution is 2.44. The number of hydrogen-bond acceptors (Lipinski definition) is 4. The SMILES string of the molecule is CCC(CNC(=O)C(C)(C)CCNC(=O)OCC1c2ccccc2-c2ccccc21)CC(=O)O. The third kappa shape index (κ3) is 6.16. The zero-order chi connectivity index (χ0) is 24.7. The van der Waals surface area contributed by atoms with Crippen LogP contribution < -0.4 is 10.6 Å². The molecule has 2 amide bonds. The normalized spacial score (nSPS) is 13.5. The molecule has 1 unspecified atom stereocenters. The second-order valence-electron chi connectivity index (χ2n) is 9.47. The van der Waals surface area contributed by atoms with E-state index in [0.29, 0.717) is 25.9 Å². The zero-order valence-electron chi connectivity index (χ0n) is 20.1. The van der Waals surface area contributed by atoms with E-state index in [1.165, 1.54) is 11.1 Å². The van der Waals surface area contributed by atoms with Crippen molar-refractivity contribution in [2.75, 3.05) is 19.7 Å². The molecule has 0 aromatic heterocycles. The number of alkyl carbamates (subject to hydrolysis) is 1. The summed E-state index contributed by atoms with van der Waals surface area (Å²) in [5, 5.41) is 14.6. The molecule has 2 aromatic rings. The molecule has 0 saturated carbocycles. The predicted molar refractivity (Wildman–Crippen MR) is 131 cm³/mol. The molecule has 0 spiro atoms. The number of ether oxygens (including phenoxy) is 1. The number of amides is 2. The average Bonchev–Trinajstić information content (AvgIpc) is 3.13. The van der Waals surface area contributed by atoms with Crippen molar-refractivity contribution in [2.45, 2.75) is 46.0 Å². The number of carbonyl (C=O) groups is 3. The first-order chi connectivity index (χ1) is 16.2. The first kappa shape index (κ1) is 25.3. The van der Waals surface area contributed by atoms with E-state index in [4.69, 9.17) is 9.84 Å². The van der Waals surface area contributed by atoms with Crippen LogP contribution in [-0.2, 0) is 14.3 Å². The fraction of sp³-hybridized carbons (Fsp3) is 0.444. The van der Waals surface area contributed by atoms with Crippen LogP contribution in [0.25, 0.3) is 11.1 Å². The third-order valence-electron chi connectivity index (χ3n) is 6.57. The molecule has 1 atom stereocenters. The second-order valence-corrected chi connectivity index (χ2v) is 9.47. The van der Waals surface area contributed by atoms with Gasteiger partial charge in [0, 0.05) is 30.8 Å². The van der Waals surface area contributed by atoms with Crippen molar-refractivity contribution in [3.63, 3.8) is 0 Å². The molecule has 1 aliphatic rings. The third-order valence-corrected chi connectivity index (χ3v) is 6.57. The lowest BCUT2D eigenvalue weighted by atomic mass is 9.88. The Kier molecular flexibility index (Phi) is 8.31. The molecule has 34 heavy (non-hydrogen) atoms. The number of nitrogens with one attached hydrogen (secondary N) is 2. The standard InChI is InChI=1S/C27H34N2O5/c1-4-18(15-24(30)31)16-29-25(32)27(2,3)13-14-28-26(33)34-17-23-21-11-7-5-9-19(21)20-10-6-8-12-22(20)23/h5-12,18,23H,4,13-17H2,1-3H3,(H,28,33)(H,29,32)(H,30,31). The van der Waals surface area contributed by atoms with E-state index >= 15 is 0 Å². The summed E-state index contributed by atoms with van der Waals surface area (Å²) in [7, 11) is 0. The van der Waals surface area contributed by atoms with Crippen LogP contribution in [0.15, 0.2) is 48.5 Å². The summed E-state index contributed by atoms with van der Waals surface area (Å²) in [4.78, 5) is 35.8. The van der Waals surface area contributed by atoms with Crippen LogP contribution in [0.4, 0.5) is 4.79 Å². The predicted octanol–water partition coefficient (Wildman–Crippen LogP) is 4.56. The average molecular weight is 467 g/mol. The molecule has 1 aliphatic carbocycles. The highest BCUT2D eigenvalue weighted by molar-refractivity contribution is 5.82. The maximum Gasteiger partial charge on any atom is 0.407 e. The molecule has 0 saturated heterocycles. The van der Waals surface area contributed by atoms with Gasteiger partial charge >= 0.3 is 12.1 Å². The fourth-order valence-corrected chi connectivity index (χ4v) is 4.32. The van der Waals surface area contributed by atoms with Crippen LogP contribution in [0, 0.1) is 11.3 Å². The maximum atomic E-state index is 12.6. The van der Waals surface area contributed by atoms with Gasteiger partial charge in [0.15, 0.2) is 0 Å². The Morgan fingerprint density at radius 3 is 2.15 bits per heavy atom. The van der Waals surface area contributed by atoms with Gasteiger partial charge in [-0.1, -0.05) is 75.7 Å². The second kappa shape index (κ2) is 11.2. The lowest BCUT2D eigenvalue weighted by Gasteiger charge is -2.25. The van der Waals surface area contributed by atoms with Crippen LogP contribution in [-0.4, -0.2) is 42.8 Å². The van der Waals surface area contributed by atoms with Crippen molar-refractivity contribution in [3.8, 4) is 11.1 Å². The first-order valence-corrected chi connectivity index (χ1v) is 11.8. The first-order valence-electron chi connectivity index (χ1n) is 11.8. The van der Waals surface area contributed by atoms with Gasteiger partial charge in [0.1, 0.15) is 6.61 Å². The summed E-state index contributed by atoms with van der Waals surface area (Å²) in [6.07, 6.45) is 0.626. The van der Waals surface area contributed by atoms with Crippen molar-refractivity contribution in [1.82, 2.24) is 10.6 Å². The van der Waals surface area contributed by atoms with E-state index in [9.17, 15) is 14.4 Å². The molecule has 0 heterocycles. The number of carboxylic acid groups (broad SMARTS) is 1. The Bertz CT molecular complexity index is 988. The molecule has 0 radical (unpaired) electrons. The number of carboxylic acids is 1. The minimum atomic E-state index is -0.868. The van der Waals surface area contributed by atoms with Crippen LogP contribution in [0.2, 0.25) is 0 Å². The van der Waals surface area contributed by atoms with E-state index in [1.54, 1.807) is 13.8 Å². The van der Waals surface area contributed by atoms with Crippen molar-refractivity contribution in [1.29, 1.82) is 0 Å². The molecule has 182 valence electrons. The summed E-state index contributed by atoms with van der Waals surface area (Å²) in [5.41, 5.74) is 3.95. The van der Waals surface area contributed by atoms with Gasteiger partial charge in [-0.2, -0.15) is 0 Å². The molecule has 0 fully saturated rings. The summed E-state index contributed by atoms with van der Waals surface area (Å²) < 4.78 is 5.54. The summed E-state index contributed by atoms with van der Waals surface area (Å²) in [5.74, 6) is -1.13. The van der Waals surface area contributed by atoms with E-state index in [-0.39, 0.29) is 30.8 Å². The Morgan fingerprint density at radius 2 is 1.59 bits per heavy atom. The number of rotatable bonds is 11. The highest BCUT2D eigenvalue weighted by atomic mass is 16.5. The fourth-order valence-electron chi connectivity index (χ4n) is 4.32. The molecule has 2 aromatic carbocycles. The number of aliphatic carboxylic acids is 1. The molecule has 0 aliphatic heterocycles. The molecular weight excluding hydrogens is 432 g/mol. The van der Waals surface area contributed by atoms with Gasteiger partial charge in [0.05, 0.1) is 0 Å². The van der Waals surface area contributed by atoms with Gasteiger partial charge in [-0.3, -0.25) is 9.59 Å². The zero-order valence-corrected chi connectivity index (χ0v) is 20.1. The lowest BCUT2D eigenvalue weighted by Crippen LogP contribution is -2.41. The minimum Gasteiger partial charge on any atom is -0.481 e. The highest BCUT2D eigenvalue weighted by Gasteiger charge is 2.30. The quantitative estimate of drug-likeness (QED) is 0.450. The molecular formula is C27H34N2O5. The van der Waals surface area contributed by atoms with E-state index in [2.05, 4.69) is 34.9 Å². The van der Waals surface area contributed by atoms with Gasteiger partial charge in [-0.25, -0.2) is 4.79 Å². The van der Waals surface area contributed by atoms with Gasteiger partial charge < -0.3 is 20.5 Å². The number of benzene rings is 2. The van der Waals surface area contributed by atoms with Crippen LogP contribution >= 0.6 is 0 Å². The summed E-state index contributed by atoms with van der Waals surface area (Å²) >= 11 is 0. The van der Waals surface area contributed by atoms with E-state index in [0.717, 1.165) is 11.1 Å². The largest absolute Gasteiger partial charge is 0.481 e. The van der Waals surface area contributed by atoms with Gasteiger partial charge in [0.2, 0.25) is 5.91 Å². The number of hydrogen-bond donors (Lipinski definition) is 3. The van der Waals surface area contributed by atoms with Gasteiger partial charge in [0.25, 0.3) is 0 Å². The van der Waals surface area contributed by atoms with Crippen molar-refractivity contribution < 1.29 is 24.2 Å². The van der Waals surface area contributed by atoms with Crippen molar-refractivity contribution in [2.24, 2.45) is 11.3 Å². The van der Waals surface area contributed by atoms with Gasteiger partial charge in [-0.15, -0.1) is 0 Å². The Morgan fingerprint density at radius 1 is 1.00 bits per heavy atom. The molecule has 3 rings (SSSR count).